The molecule has 0 radical (unpaired) electrons. The molecular formula is C18H15NO4S. The van der Waals surface area contributed by atoms with Crippen LogP contribution in [-0.4, -0.2) is 5.91 Å². The Balaban J connectivity index is 1.61. The predicted molar refractivity (Wildman–Crippen MR) is 91.2 cm³/mol. The Kier molecular flexibility index (Phi) is 5.08. The summed E-state index contributed by atoms with van der Waals surface area (Å²) >= 11 is 1.54. The molecule has 0 fully saturated rings. The smallest absolute Gasteiger partial charge is 0.287 e. The first-order valence-corrected chi connectivity index (χ1v) is 8.20. The van der Waals surface area contributed by atoms with Crippen LogP contribution in [0.5, 0.6) is 5.75 Å². The highest BCUT2D eigenvalue weighted by molar-refractivity contribution is 7.09. The van der Waals surface area contributed by atoms with E-state index in [0.717, 1.165) is 16.5 Å². The Bertz CT molecular complexity index is 856. The summed E-state index contributed by atoms with van der Waals surface area (Å²) in [5.41, 5.74) is 0.549. The molecule has 0 bridgehead atoms. The van der Waals surface area contributed by atoms with Crippen molar-refractivity contribution in [2.24, 2.45) is 0 Å². The molecule has 0 saturated carbocycles. The summed E-state index contributed by atoms with van der Waals surface area (Å²) in [7, 11) is 0. The molecule has 0 saturated heterocycles. The summed E-state index contributed by atoms with van der Waals surface area (Å²) in [5.74, 6) is -0.396. The van der Waals surface area contributed by atoms with E-state index in [9.17, 15) is 9.59 Å². The molecule has 3 aromatic rings. The minimum atomic E-state index is -0.435. The third kappa shape index (κ3) is 4.11. The van der Waals surface area contributed by atoms with Gasteiger partial charge in [0.25, 0.3) is 5.91 Å². The monoisotopic (exact) mass is 341 g/mol. The van der Waals surface area contributed by atoms with Gasteiger partial charge in [0.05, 0.1) is 6.54 Å². The van der Waals surface area contributed by atoms with Crippen molar-refractivity contribution in [3.8, 4) is 5.75 Å². The maximum Gasteiger partial charge on any atom is 0.287 e. The van der Waals surface area contributed by atoms with Crippen LogP contribution >= 0.6 is 11.3 Å². The van der Waals surface area contributed by atoms with Gasteiger partial charge >= 0.3 is 0 Å². The molecule has 1 aromatic carbocycles. The molecule has 0 atom stereocenters. The van der Waals surface area contributed by atoms with E-state index in [-0.39, 0.29) is 18.1 Å². The van der Waals surface area contributed by atoms with Crippen molar-refractivity contribution < 1.29 is 13.9 Å². The maximum atomic E-state index is 12.0. The average Bonchev–Trinajstić information content (AvgIpc) is 3.13. The van der Waals surface area contributed by atoms with Crippen LogP contribution in [0.25, 0.3) is 0 Å². The van der Waals surface area contributed by atoms with Crippen LogP contribution in [0, 0.1) is 0 Å². The van der Waals surface area contributed by atoms with Crippen molar-refractivity contribution in [1.29, 1.82) is 0 Å². The molecule has 6 heteroatoms. The molecule has 1 amide bonds. The van der Waals surface area contributed by atoms with Gasteiger partial charge in [-0.1, -0.05) is 36.4 Å². The van der Waals surface area contributed by atoms with Crippen molar-refractivity contribution in [2.75, 3.05) is 0 Å². The highest BCUT2D eigenvalue weighted by Gasteiger charge is 2.12. The number of carbonyl (C=O) groups excluding carboxylic acids is 1. The number of carbonyl (C=O) groups is 1. The summed E-state index contributed by atoms with van der Waals surface area (Å²) < 4.78 is 10.7. The van der Waals surface area contributed by atoms with Crippen LogP contribution < -0.4 is 15.5 Å². The van der Waals surface area contributed by atoms with E-state index < -0.39 is 11.3 Å². The molecule has 0 unspecified atom stereocenters. The second kappa shape index (κ2) is 7.61. The van der Waals surface area contributed by atoms with Gasteiger partial charge in [-0.05, 0) is 17.0 Å². The van der Waals surface area contributed by atoms with E-state index in [2.05, 4.69) is 5.32 Å². The van der Waals surface area contributed by atoms with Gasteiger partial charge in [-0.3, -0.25) is 9.59 Å². The van der Waals surface area contributed by atoms with E-state index in [4.69, 9.17) is 9.15 Å². The fraction of sp³-hybridized carbons (Fsp3) is 0.111. The highest BCUT2D eigenvalue weighted by Crippen LogP contribution is 2.11. The molecule has 3 rings (SSSR count). The fourth-order valence-corrected chi connectivity index (χ4v) is 2.67. The number of thiophene rings is 1. The first-order valence-electron chi connectivity index (χ1n) is 7.32. The molecular weight excluding hydrogens is 326 g/mol. The van der Waals surface area contributed by atoms with Gasteiger partial charge in [-0.15, -0.1) is 11.3 Å². The van der Waals surface area contributed by atoms with Gasteiger partial charge in [-0.25, -0.2) is 0 Å². The fourth-order valence-electron chi connectivity index (χ4n) is 2.03. The molecule has 0 aliphatic carbocycles. The lowest BCUT2D eigenvalue weighted by molar-refractivity contribution is 0.0920. The van der Waals surface area contributed by atoms with Crippen LogP contribution in [-0.2, 0) is 13.2 Å². The number of rotatable bonds is 6. The molecule has 5 nitrogen and oxygen atoms in total. The Morgan fingerprint density at radius 1 is 1.17 bits per heavy atom. The maximum absolute atomic E-state index is 12.0. The number of benzene rings is 1. The molecule has 0 aliphatic heterocycles. The Labute approximate surface area is 142 Å². The van der Waals surface area contributed by atoms with Gasteiger partial charge in [0.1, 0.15) is 12.9 Å². The predicted octanol–water partition coefficient (Wildman–Crippen LogP) is 3.21. The Morgan fingerprint density at radius 2 is 2.00 bits per heavy atom. The number of amides is 1. The van der Waals surface area contributed by atoms with Gasteiger partial charge in [-0.2, -0.15) is 0 Å². The molecule has 24 heavy (non-hydrogen) atoms. The summed E-state index contributed by atoms with van der Waals surface area (Å²) in [6, 6.07) is 14.4. The van der Waals surface area contributed by atoms with Crippen molar-refractivity contribution in [1.82, 2.24) is 5.32 Å². The lowest BCUT2D eigenvalue weighted by atomic mass is 10.2. The lowest BCUT2D eigenvalue weighted by Crippen LogP contribution is -2.23. The standard InChI is InChI=1S/C18H15NO4S/c20-15-9-16(18(21)19-10-14-7-4-8-24-14)23-12-17(15)22-11-13-5-2-1-3-6-13/h1-9,12H,10-11H2,(H,19,21). The van der Waals surface area contributed by atoms with Crippen LogP contribution in [0.15, 0.2) is 69.4 Å². The first-order chi connectivity index (χ1) is 11.7. The zero-order valence-corrected chi connectivity index (χ0v) is 13.5. The van der Waals surface area contributed by atoms with E-state index in [0.29, 0.717) is 6.54 Å². The summed E-state index contributed by atoms with van der Waals surface area (Å²) in [6.07, 6.45) is 1.17. The SMILES string of the molecule is O=C(NCc1cccs1)c1cc(=O)c(OCc2ccccc2)co1. The van der Waals surface area contributed by atoms with Gasteiger partial charge in [0, 0.05) is 10.9 Å². The van der Waals surface area contributed by atoms with E-state index >= 15 is 0 Å². The summed E-state index contributed by atoms with van der Waals surface area (Å²) in [4.78, 5) is 25.1. The number of hydrogen-bond acceptors (Lipinski definition) is 5. The quantitative estimate of drug-likeness (QED) is 0.747. The third-order valence-electron chi connectivity index (χ3n) is 3.26. The van der Waals surface area contributed by atoms with E-state index in [1.54, 1.807) is 11.3 Å². The lowest BCUT2D eigenvalue weighted by Gasteiger charge is -2.06. The number of hydrogen-bond donors (Lipinski definition) is 1. The molecule has 122 valence electrons. The Hall–Kier alpha value is -2.86. The van der Waals surface area contributed by atoms with E-state index in [1.807, 2.05) is 47.8 Å². The van der Waals surface area contributed by atoms with Crippen LogP contribution in [0.2, 0.25) is 0 Å². The van der Waals surface area contributed by atoms with Crippen molar-refractivity contribution in [3.63, 3.8) is 0 Å². The second-order valence-electron chi connectivity index (χ2n) is 5.01. The normalized spacial score (nSPS) is 10.3. The number of ether oxygens (including phenoxy) is 1. The van der Waals surface area contributed by atoms with Gasteiger partial charge in [0.15, 0.2) is 5.76 Å². The van der Waals surface area contributed by atoms with Crippen LogP contribution in [0.1, 0.15) is 21.0 Å². The average molecular weight is 341 g/mol. The van der Waals surface area contributed by atoms with Crippen molar-refractivity contribution >= 4 is 17.2 Å². The number of nitrogens with one attached hydrogen (secondary N) is 1. The third-order valence-corrected chi connectivity index (χ3v) is 4.14. The molecule has 0 spiro atoms. The van der Waals surface area contributed by atoms with Gasteiger partial charge in [0.2, 0.25) is 11.2 Å². The highest BCUT2D eigenvalue weighted by atomic mass is 32.1. The summed E-state index contributed by atoms with van der Waals surface area (Å²) in [5, 5.41) is 4.63. The van der Waals surface area contributed by atoms with Gasteiger partial charge < -0.3 is 14.5 Å². The molecule has 2 heterocycles. The topological polar surface area (TPSA) is 68.5 Å². The zero-order chi connectivity index (χ0) is 16.8. The minimum absolute atomic E-state index is 0.0383. The summed E-state index contributed by atoms with van der Waals surface area (Å²) in [6.45, 7) is 0.655. The first kappa shape index (κ1) is 16.0. The zero-order valence-electron chi connectivity index (χ0n) is 12.7. The van der Waals surface area contributed by atoms with E-state index in [1.165, 1.54) is 6.26 Å². The second-order valence-corrected chi connectivity index (χ2v) is 6.04. The van der Waals surface area contributed by atoms with Crippen LogP contribution in [0.4, 0.5) is 0 Å². The van der Waals surface area contributed by atoms with Crippen molar-refractivity contribution in [2.45, 2.75) is 13.2 Å². The van der Waals surface area contributed by atoms with Crippen LogP contribution in [0.3, 0.4) is 0 Å². The molecule has 1 N–H and O–H groups in total. The molecule has 0 aliphatic rings. The Morgan fingerprint density at radius 3 is 2.71 bits per heavy atom. The largest absolute Gasteiger partial charge is 0.482 e. The molecule has 2 aromatic heterocycles. The van der Waals surface area contributed by atoms with Crippen molar-refractivity contribution in [3.05, 3.63) is 86.6 Å². The minimum Gasteiger partial charge on any atom is -0.482 e.